The van der Waals surface area contributed by atoms with E-state index in [1.54, 1.807) is 12.1 Å². The minimum atomic E-state index is -0.0549. The SMILES string of the molecule is CC1CN(C(=O)c2nc3ccc(Cl)cc3[nH]2)CCN1. The molecular formula is C13H15ClN4O. The van der Waals surface area contributed by atoms with Crippen LogP contribution in [0.1, 0.15) is 17.5 Å². The number of aromatic nitrogens is 2. The van der Waals surface area contributed by atoms with E-state index in [-0.39, 0.29) is 5.91 Å². The number of carbonyl (C=O) groups excluding carboxylic acids is 1. The summed E-state index contributed by atoms with van der Waals surface area (Å²) in [6.45, 7) is 4.30. The maximum Gasteiger partial charge on any atom is 0.289 e. The van der Waals surface area contributed by atoms with Gasteiger partial charge in [-0.3, -0.25) is 4.79 Å². The Morgan fingerprint density at radius 2 is 2.37 bits per heavy atom. The highest BCUT2D eigenvalue weighted by atomic mass is 35.5. The molecule has 100 valence electrons. The highest BCUT2D eigenvalue weighted by Gasteiger charge is 2.23. The Labute approximate surface area is 116 Å². The number of hydrogen-bond donors (Lipinski definition) is 2. The average Bonchev–Trinajstić information content (AvgIpc) is 2.80. The van der Waals surface area contributed by atoms with Gasteiger partial charge in [0.1, 0.15) is 0 Å². The lowest BCUT2D eigenvalue weighted by atomic mass is 10.2. The van der Waals surface area contributed by atoms with Gasteiger partial charge in [0.2, 0.25) is 0 Å². The number of imidazole rings is 1. The first kappa shape index (κ1) is 12.4. The predicted molar refractivity (Wildman–Crippen MR) is 74.5 cm³/mol. The van der Waals surface area contributed by atoms with E-state index in [4.69, 9.17) is 11.6 Å². The molecule has 2 N–H and O–H groups in total. The van der Waals surface area contributed by atoms with Crippen LogP contribution in [0.25, 0.3) is 11.0 Å². The second kappa shape index (κ2) is 4.83. The van der Waals surface area contributed by atoms with Crippen LogP contribution in [0.5, 0.6) is 0 Å². The van der Waals surface area contributed by atoms with Crippen LogP contribution in [0, 0.1) is 0 Å². The van der Waals surface area contributed by atoms with Gasteiger partial charge >= 0.3 is 0 Å². The highest BCUT2D eigenvalue weighted by molar-refractivity contribution is 6.31. The number of nitrogens with one attached hydrogen (secondary N) is 2. The van der Waals surface area contributed by atoms with Gasteiger partial charge in [-0.25, -0.2) is 4.98 Å². The standard InChI is InChI=1S/C13H15ClN4O/c1-8-7-18(5-4-15-8)13(19)12-16-10-3-2-9(14)6-11(10)17-12/h2-3,6,8,15H,4-5,7H2,1H3,(H,16,17). The molecule has 1 aromatic heterocycles. The molecule has 5 nitrogen and oxygen atoms in total. The number of amides is 1. The molecule has 3 rings (SSSR count). The Hall–Kier alpha value is -1.59. The molecule has 1 atom stereocenters. The van der Waals surface area contributed by atoms with E-state index in [2.05, 4.69) is 22.2 Å². The van der Waals surface area contributed by atoms with Crippen molar-refractivity contribution >= 4 is 28.5 Å². The number of fused-ring (bicyclic) bond motifs is 1. The zero-order valence-corrected chi connectivity index (χ0v) is 11.4. The molecule has 19 heavy (non-hydrogen) atoms. The Morgan fingerprint density at radius 3 is 3.16 bits per heavy atom. The van der Waals surface area contributed by atoms with Gasteiger partial charge in [-0.1, -0.05) is 11.6 Å². The van der Waals surface area contributed by atoms with E-state index in [9.17, 15) is 4.79 Å². The largest absolute Gasteiger partial charge is 0.334 e. The fourth-order valence-electron chi connectivity index (χ4n) is 2.35. The summed E-state index contributed by atoms with van der Waals surface area (Å²) in [7, 11) is 0. The first-order chi connectivity index (χ1) is 9.13. The van der Waals surface area contributed by atoms with Gasteiger partial charge in [0.15, 0.2) is 5.82 Å². The summed E-state index contributed by atoms with van der Waals surface area (Å²) in [4.78, 5) is 21.6. The van der Waals surface area contributed by atoms with E-state index in [0.29, 0.717) is 30.0 Å². The monoisotopic (exact) mass is 278 g/mol. The van der Waals surface area contributed by atoms with Crippen molar-refractivity contribution in [3.05, 3.63) is 29.0 Å². The number of hydrogen-bond acceptors (Lipinski definition) is 3. The van der Waals surface area contributed by atoms with Crippen molar-refractivity contribution in [1.82, 2.24) is 20.2 Å². The molecule has 0 radical (unpaired) electrons. The fraction of sp³-hybridized carbons (Fsp3) is 0.385. The second-order valence-electron chi connectivity index (χ2n) is 4.85. The summed E-state index contributed by atoms with van der Waals surface area (Å²) in [5.74, 6) is 0.326. The maximum atomic E-state index is 12.4. The van der Waals surface area contributed by atoms with Crippen LogP contribution in [0.15, 0.2) is 18.2 Å². The van der Waals surface area contributed by atoms with E-state index < -0.39 is 0 Å². The molecule has 1 fully saturated rings. The number of halogens is 1. The van der Waals surface area contributed by atoms with Crippen molar-refractivity contribution in [1.29, 1.82) is 0 Å². The molecule has 0 spiro atoms. The number of nitrogens with zero attached hydrogens (tertiary/aromatic N) is 2. The molecule has 2 heterocycles. The van der Waals surface area contributed by atoms with Crippen molar-refractivity contribution in [3.63, 3.8) is 0 Å². The molecule has 6 heteroatoms. The average molecular weight is 279 g/mol. The molecule has 2 aromatic rings. The number of piperazine rings is 1. The maximum absolute atomic E-state index is 12.4. The molecule has 1 saturated heterocycles. The van der Waals surface area contributed by atoms with Gasteiger partial charge in [-0.2, -0.15) is 0 Å². The van der Waals surface area contributed by atoms with Crippen LogP contribution in [0.3, 0.4) is 0 Å². The first-order valence-electron chi connectivity index (χ1n) is 6.31. The Morgan fingerprint density at radius 1 is 1.53 bits per heavy atom. The third-order valence-corrected chi connectivity index (χ3v) is 3.54. The molecule has 1 aromatic carbocycles. The topological polar surface area (TPSA) is 61.0 Å². The van der Waals surface area contributed by atoms with Crippen LogP contribution in [-0.2, 0) is 0 Å². The lowest BCUT2D eigenvalue weighted by Gasteiger charge is -2.31. The van der Waals surface area contributed by atoms with Crippen LogP contribution < -0.4 is 5.32 Å². The van der Waals surface area contributed by atoms with Gasteiger partial charge in [0.25, 0.3) is 5.91 Å². The molecule has 1 amide bonds. The molecular weight excluding hydrogens is 264 g/mol. The van der Waals surface area contributed by atoms with Gasteiger partial charge in [-0.05, 0) is 25.1 Å². The van der Waals surface area contributed by atoms with Gasteiger partial charge in [-0.15, -0.1) is 0 Å². The van der Waals surface area contributed by atoms with Crippen molar-refractivity contribution in [2.45, 2.75) is 13.0 Å². The van der Waals surface area contributed by atoms with Crippen molar-refractivity contribution < 1.29 is 4.79 Å². The summed E-state index contributed by atoms with van der Waals surface area (Å²) in [6.07, 6.45) is 0. The quantitative estimate of drug-likeness (QED) is 0.834. The van der Waals surface area contributed by atoms with Gasteiger partial charge in [0, 0.05) is 30.7 Å². The Bertz CT molecular complexity index is 624. The normalized spacial score (nSPS) is 19.9. The number of rotatable bonds is 1. The van der Waals surface area contributed by atoms with Crippen LogP contribution in [0.2, 0.25) is 5.02 Å². The minimum absolute atomic E-state index is 0.0549. The number of benzene rings is 1. The third kappa shape index (κ3) is 2.43. The van der Waals surface area contributed by atoms with Crippen LogP contribution in [-0.4, -0.2) is 46.5 Å². The van der Waals surface area contributed by atoms with E-state index in [1.165, 1.54) is 0 Å². The summed E-state index contributed by atoms with van der Waals surface area (Å²) in [5.41, 5.74) is 1.55. The van der Waals surface area contributed by atoms with Crippen LogP contribution >= 0.6 is 11.6 Å². The summed E-state index contributed by atoms with van der Waals surface area (Å²) in [5, 5.41) is 3.94. The van der Waals surface area contributed by atoms with Crippen molar-refractivity contribution in [3.8, 4) is 0 Å². The zero-order valence-electron chi connectivity index (χ0n) is 10.6. The second-order valence-corrected chi connectivity index (χ2v) is 5.29. The molecule has 1 aliphatic rings. The predicted octanol–water partition coefficient (Wildman–Crippen LogP) is 1.65. The smallest absolute Gasteiger partial charge is 0.289 e. The van der Waals surface area contributed by atoms with E-state index in [0.717, 1.165) is 17.6 Å². The molecule has 0 aliphatic carbocycles. The molecule has 0 bridgehead atoms. The van der Waals surface area contributed by atoms with Crippen LogP contribution in [0.4, 0.5) is 0 Å². The zero-order chi connectivity index (χ0) is 13.4. The number of H-pyrrole nitrogens is 1. The number of aromatic amines is 1. The van der Waals surface area contributed by atoms with E-state index in [1.807, 2.05) is 11.0 Å². The minimum Gasteiger partial charge on any atom is -0.334 e. The lowest BCUT2D eigenvalue weighted by molar-refractivity contribution is 0.0698. The highest BCUT2D eigenvalue weighted by Crippen LogP contribution is 2.18. The Balaban J connectivity index is 1.88. The molecule has 0 saturated carbocycles. The molecule has 1 unspecified atom stereocenters. The first-order valence-corrected chi connectivity index (χ1v) is 6.69. The number of carbonyl (C=O) groups is 1. The lowest BCUT2D eigenvalue weighted by Crippen LogP contribution is -2.51. The fourth-order valence-corrected chi connectivity index (χ4v) is 2.52. The Kier molecular flexibility index (Phi) is 3.16. The summed E-state index contributed by atoms with van der Waals surface area (Å²) < 4.78 is 0. The van der Waals surface area contributed by atoms with Crippen molar-refractivity contribution in [2.24, 2.45) is 0 Å². The van der Waals surface area contributed by atoms with Gasteiger partial charge in [0.05, 0.1) is 11.0 Å². The summed E-state index contributed by atoms with van der Waals surface area (Å²) >= 11 is 5.92. The van der Waals surface area contributed by atoms with E-state index >= 15 is 0 Å². The van der Waals surface area contributed by atoms with Crippen molar-refractivity contribution in [2.75, 3.05) is 19.6 Å². The van der Waals surface area contributed by atoms with Gasteiger partial charge < -0.3 is 15.2 Å². The molecule has 1 aliphatic heterocycles. The third-order valence-electron chi connectivity index (χ3n) is 3.30. The summed E-state index contributed by atoms with van der Waals surface area (Å²) in [6, 6.07) is 5.68.